The second-order valence-electron chi connectivity index (χ2n) is 7.10. The number of rotatable bonds is 6. The smallest absolute Gasteiger partial charge is 0.271 e. The number of aromatic nitrogens is 1. The van der Waals surface area contributed by atoms with Crippen molar-refractivity contribution in [1.82, 2.24) is 9.99 Å². The molecule has 152 valence electrons. The van der Waals surface area contributed by atoms with E-state index in [1.54, 1.807) is 12.3 Å². The van der Waals surface area contributed by atoms with Gasteiger partial charge in [0.1, 0.15) is 0 Å². The van der Waals surface area contributed by atoms with Crippen LogP contribution in [0.3, 0.4) is 0 Å². The third kappa shape index (κ3) is 4.87. The maximum atomic E-state index is 12.4. The first-order valence-electron chi connectivity index (χ1n) is 10.1. The summed E-state index contributed by atoms with van der Waals surface area (Å²) in [6.45, 7) is 2.07. The zero-order chi connectivity index (χ0) is 21.5. The van der Waals surface area contributed by atoms with Crippen LogP contribution >= 0.6 is 0 Å². The van der Waals surface area contributed by atoms with Crippen molar-refractivity contribution in [3.63, 3.8) is 0 Å². The van der Waals surface area contributed by atoms with Crippen molar-refractivity contribution < 1.29 is 4.79 Å². The number of carbonyl (C=O) groups is 1. The Morgan fingerprint density at radius 2 is 1.52 bits per heavy atom. The quantitative estimate of drug-likeness (QED) is 0.316. The zero-order valence-corrected chi connectivity index (χ0v) is 17.3. The average Bonchev–Trinajstić information content (AvgIpc) is 3.21. The number of nitrogens with zero attached hydrogens (tertiary/aromatic N) is 2. The van der Waals surface area contributed by atoms with Crippen molar-refractivity contribution in [3.8, 4) is 16.9 Å². The molecule has 31 heavy (non-hydrogen) atoms. The molecule has 4 rings (SSSR count). The van der Waals surface area contributed by atoms with E-state index in [9.17, 15) is 4.79 Å². The molecule has 0 aliphatic carbocycles. The molecule has 0 atom stereocenters. The molecule has 1 aromatic heterocycles. The summed E-state index contributed by atoms with van der Waals surface area (Å²) in [6, 6.07) is 31.9. The van der Waals surface area contributed by atoms with E-state index in [2.05, 4.69) is 46.3 Å². The summed E-state index contributed by atoms with van der Waals surface area (Å²) in [5, 5.41) is 3.99. The highest BCUT2D eigenvalue weighted by Gasteiger charge is 2.10. The van der Waals surface area contributed by atoms with Gasteiger partial charge in [0.15, 0.2) is 0 Å². The Bertz CT molecular complexity index is 1200. The second kappa shape index (κ2) is 9.55. The first kappa shape index (κ1) is 20.1. The van der Waals surface area contributed by atoms with Crippen LogP contribution in [0.1, 0.15) is 21.6 Å². The van der Waals surface area contributed by atoms with Crippen LogP contribution in [0.2, 0.25) is 0 Å². The number of allylic oxidation sites excluding steroid dienone is 1. The second-order valence-corrected chi connectivity index (χ2v) is 7.10. The first-order chi connectivity index (χ1) is 15.2. The van der Waals surface area contributed by atoms with Crippen LogP contribution in [0.25, 0.3) is 23.0 Å². The standard InChI is InChI=1S/C27H23N3O/c1-21-14-19-26(23-12-6-3-7-13-23)30(21)25-17-15-24(16-18-25)27(31)29-28-20-8-11-22-9-4-2-5-10-22/h2-20H,1H3,(H,29,31). The molecule has 0 saturated heterocycles. The summed E-state index contributed by atoms with van der Waals surface area (Å²) >= 11 is 0. The largest absolute Gasteiger partial charge is 0.314 e. The van der Waals surface area contributed by atoms with Gasteiger partial charge in [-0.2, -0.15) is 5.10 Å². The van der Waals surface area contributed by atoms with Crippen molar-refractivity contribution in [3.05, 3.63) is 120 Å². The lowest BCUT2D eigenvalue weighted by molar-refractivity contribution is 0.0955. The van der Waals surface area contributed by atoms with Gasteiger partial charge in [0.25, 0.3) is 5.91 Å². The van der Waals surface area contributed by atoms with E-state index in [0.717, 1.165) is 28.2 Å². The minimum atomic E-state index is -0.247. The number of hydrazone groups is 1. The van der Waals surface area contributed by atoms with E-state index in [1.807, 2.05) is 78.9 Å². The van der Waals surface area contributed by atoms with Crippen LogP contribution < -0.4 is 5.43 Å². The fourth-order valence-corrected chi connectivity index (χ4v) is 3.40. The van der Waals surface area contributed by atoms with Gasteiger partial charge in [0, 0.05) is 23.2 Å². The Morgan fingerprint density at radius 1 is 0.839 bits per heavy atom. The molecule has 3 aromatic carbocycles. The topological polar surface area (TPSA) is 46.4 Å². The number of nitrogens with one attached hydrogen (secondary N) is 1. The van der Waals surface area contributed by atoms with Crippen molar-refractivity contribution in [2.45, 2.75) is 6.92 Å². The van der Waals surface area contributed by atoms with E-state index >= 15 is 0 Å². The molecule has 1 N–H and O–H groups in total. The third-order valence-corrected chi connectivity index (χ3v) is 4.95. The molecule has 0 radical (unpaired) electrons. The van der Waals surface area contributed by atoms with E-state index < -0.39 is 0 Å². The molecule has 4 aromatic rings. The van der Waals surface area contributed by atoms with Gasteiger partial charge in [0.2, 0.25) is 0 Å². The highest BCUT2D eigenvalue weighted by atomic mass is 16.2. The highest BCUT2D eigenvalue weighted by molar-refractivity contribution is 5.95. The molecular formula is C27H23N3O. The van der Waals surface area contributed by atoms with Crippen LogP contribution in [0, 0.1) is 6.92 Å². The maximum absolute atomic E-state index is 12.4. The highest BCUT2D eigenvalue weighted by Crippen LogP contribution is 2.26. The number of amides is 1. The number of benzene rings is 3. The molecule has 0 aliphatic rings. The molecule has 1 amide bonds. The molecule has 1 heterocycles. The van der Waals surface area contributed by atoms with Crippen LogP contribution in [-0.2, 0) is 0 Å². The van der Waals surface area contributed by atoms with E-state index in [1.165, 1.54) is 0 Å². The Morgan fingerprint density at radius 3 is 2.23 bits per heavy atom. The predicted molar refractivity (Wildman–Crippen MR) is 127 cm³/mol. The summed E-state index contributed by atoms with van der Waals surface area (Å²) < 4.78 is 2.18. The Hall–Kier alpha value is -4.18. The first-order valence-corrected chi connectivity index (χ1v) is 10.1. The minimum absolute atomic E-state index is 0.247. The summed E-state index contributed by atoms with van der Waals surface area (Å²) in [7, 11) is 0. The maximum Gasteiger partial charge on any atom is 0.271 e. The lowest BCUT2D eigenvalue weighted by atomic mass is 10.1. The van der Waals surface area contributed by atoms with Crippen LogP contribution in [-0.4, -0.2) is 16.7 Å². The summed E-state index contributed by atoms with van der Waals surface area (Å²) in [6.07, 6.45) is 5.28. The molecule has 4 nitrogen and oxygen atoms in total. The Balaban J connectivity index is 1.44. The monoisotopic (exact) mass is 405 g/mol. The van der Waals surface area contributed by atoms with Gasteiger partial charge in [-0.1, -0.05) is 66.7 Å². The SMILES string of the molecule is Cc1ccc(-c2ccccc2)n1-c1ccc(C(=O)NN=CC=Cc2ccccc2)cc1. The van der Waals surface area contributed by atoms with Crippen molar-refractivity contribution in [2.75, 3.05) is 0 Å². The van der Waals surface area contributed by atoms with Gasteiger partial charge >= 0.3 is 0 Å². The summed E-state index contributed by atoms with van der Waals surface area (Å²) in [5.74, 6) is -0.247. The van der Waals surface area contributed by atoms with Gasteiger partial charge in [-0.05, 0) is 60.5 Å². The average molecular weight is 406 g/mol. The molecule has 0 bridgehead atoms. The van der Waals surface area contributed by atoms with Crippen LogP contribution in [0.15, 0.2) is 108 Å². The van der Waals surface area contributed by atoms with E-state index in [0.29, 0.717) is 5.56 Å². The normalized spacial score (nSPS) is 11.3. The van der Waals surface area contributed by atoms with Crippen molar-refractivity contribution in [2.24, 2.45) is 5.10 Å². The summed E-state index contributed by atoms with van der Waals surface area (Å²) in [4.78, 5) is 12.4. The molecule has 0 spiro atoms. The van der Waals surface area contributed by atoms with Crippen molar-refractivity contribution >= 4 is 18.2 Å². The molecular weight excluding hydrogens is 382 g/mol. The zero-order valence-electron chi connectivity index (χ0n) is 17.3. The van der Waals surface area contributed by atoms with Gasteiger partial charge in [-0.15, -0.1) is 0 Å². The molecule has 0 aliphatic heterocycles. The number of aryl methyl sites for hydroxylation is 1. The van der Waals surface area contributed by atoms with Crippen molar-refractivity contribution in [1.29, 1.82) is 0 Å². The lowest BCUT2D eigenvalue weighted by Gasteiger charge is -2.12. The number of hydrogen-bond donors (Lipinski definition) is 1. The third-order valence-electron chi connectivity index (χ3n) is 4.95. The Kier molecular flexibility index (Phi) is 6.19. The fourth-order valence-electron chi connectivity index (χ4n) is 3.40. The minimum Gasteiger partial charge on any atom is -0.314 e. The number of hydrogen-bond acceptors (Lipinski definition) is 2. The van der Waals surface area contributed by atoms with Gasteiger partial charge in [-0.3, -0.25) is 4.79 Å². The molecule has 0 unspecified atom stereocenters. The molecule has 4 heteroatoms. The van der Waals surface area contributed by atoms with Gasteiger partial charge in [0.05, 0.1) is 5.69 Å². The van der Waals surface area contributed by atoms with Gasteiger partial charge < -0.3 is 4.57 Å². The van der Waals surface area contributed by atoms with E-state index in [-0.39, 0.29) is 5.91 Å². The number of carbonyl (C=O) groups excluding carboxylic acids is 1. The lowest BCUT2D eigenvalue weighted by Crippen LogP contribution is -2.17. The Labute approximate surface area is 182 Å². The fraction of sp³-hybridized carbons (Fsp3) is 0.0370. The summed E-state index contributed by atoms with van der Waals surface area (Å²) in [5.41, 5.74) is 8.59. The van der Waals surface area contributed by atoms with E-state index in [4.69, 9.17) is 0 Å². The van der Waals surface area contributed by atoms with Gasteiger partial charge in [-0.25, -0.2) is 5.43 Å². The molecule has 0 saturated carbocycles. The molecule has 0 fully saturated rings. The predicted octanol–water partition coefficient (Wildman–Crippen LogP) is 5.88. The van der Waals surface area contributed by atoms with Crippen LogP contribution in [0.5, 0.6) is 0 Å². The van der Waals surface area contributed by atoms with Crippen LogP contribution in [0.4, 0.5) is 0 Å².